The number of nitrogens with two attached hydrogens (primary N) is 1. The maximum absolute atomic E-state index is 13.9. The molecule has 0 aliphatic heterocycles. The highest BCUT2D eigenvalue weighted by Crippen LogP contribution is 2.31. The molecular formula is C14H10BrF2NOS. The van der Waals surface area contributed by atoms with Crippen molar-refractivity contribution < 1.29 is 13.5 Å². The molecule has 2 N–H and O–H groups in total. The SMILES string of the molecule is Cc1cc(Br)ccc1Oc1c(F)cc(C(N)=S)cc1F. The molecule has 0 saturated carbocycles. The second-order valence-electron chi connectivity index (χ2n) is 4.15. The van der Waals surface area contributed by atoms with Gasteiger partial charge in [-0.1, -0.05) is 28.1 Å². The molecule has 6 heteroatoms. The molecular weight excluding hydrogens is 348 g/mol. The molecule has 0 aliphatic rings. The molecule has 0 heterocycles. The summed E-state index contributed by atoms with van der Waals surface area (Å²) in [5.41, 5.74) is 6.21. The minimum Gasteiger partial charge on any atom is -0.451 e. The van der Waals surface area contributed by atoms with E-state index in [4.69, 9.17) is 10.5 Å². The largest absolute Gasteiger partial charge is 0.451 e. The van der Waals surface area contributed by atoms with Crippen LogP contribution in [0.5, 0.6) is 11.5 Å². The lowest BCUT2D eigenvalue weighted by molar-refractivity contribution is 0.405. The second kappa shape index (κ2) is 5.85. The number of aryl methyl sites for hydroxylation is 1. The van der Waals surface area contributed by atoms with Gasteiger partial charge in [-0.25, -0.2) is 8.78 Å². The topological polar surface area (TPSA) is 35.2 Å². The van der Waals surface area contributed by atoms with Crippen LogP contribution in [0.15, 0.2) is 34.8 Å². The number of hydrogen-bond donors (Lipinski definition) is 1. The van der Waals surface area contributed by atoms with Gasteiger partial charge in [0.25, 0.3) is 0 Å². The van der Waals surface area contributed by atoms with Gasteiger partial charge in [0.1, 0.15) is 10.7 Å². The van der Waals surface area contributed by atoms with Crippen LogP contribution >= 0.6 is 28.1 Å². The van der Waals surface area contributed by atoms with Crippen LogP contribution in [0.1, 0.15) is 11.1 Å². The van der Waals surface area contributed by atoms with Crippen molar-refractivity contribution in [2.75, 3.05) is 0 Å². The van der Waals surface area contributed by atoms with E-state index in [1.807, 2.05) is 0 Å². The molecule has 2 aromatic rings. The third kappa shape index (κ3) is 3.13. The first-order valence-electron chi connectivity index (χ1n) is 5.61. The highest BCUT2D eigenvalue weighted by atomic mass is 79.9. The van der Waals surface area contributed by atoms with E-state index in [0.717, 1.165) is 22.2 Å². The summed E-state index contributed by atoms with van der Waals surface area (Å²) in [5, 5.41) is 0. The second-order valence-corrected chi connectivity index (χ2v) is 5.50. The molecule has 2 rings (SSSR count). The maximum atomic E-state index is 13.9. The summed E-state index contributed by atoms with van der Waals surface area (Å²) in [6.45, 7) is 1.78. The van der Waals surface area contributed by atoms with Crippen molar-refractivity contribution in [1.29, 1.82) is 0 Å². The normalized spacial score (nSPS) is 10.4. The molecule has 0 unspecified atom stereocenters. The lowest BCUT2D eigenvalue weighted by atomic mass is 10.2. The van der Waals surface area contributed by atoms with E-state index < -0.39 is 17.4 Å². The van der Waals surface area contributed by atoms with E-state index in [0.29, 0.717) is 5.75 Å². The molecule has 0 spiro atoms. The Balaban J connectivity index is 2.41. The quantitative estimate of drug-likeness (QED) is 0.823. The van der Waals surface area contributed by atoms with Crippen LogP contribution in [-0.2, 0) is 0 Å². The van der Waals surface area contributed by atoms with Gasteiger partial charge in [-0.3, -0.25) is 0 Å². The van der Waals surface area contributed by atoms with Crippen LogP contribution in [0.3, 0.4) is 0 Å². The van der Waals surface area contributed by atoms with Gasteiger partial charge in [0, 0.05) is 10.0 Å². The smallest absolute Gasteiger partial charge is 0.198 e. The fourth-order valence-corrected chi connectivity index (χ4v) is 2.23. The predicted octanol–water partition coefficient (Wildman–Crippen LogP) is 4.46. The molecule has 0 aromatic heterocycles. The zero-order valence-corrected chi connectivity index (χ0v) is 12.8. The van der Waals surface area contributed by atoms with Crippen molar-refractivity contribution in [3.05, 3.63) is 57.6 Å². The first kappa shape index (κ1) is 14.9. The van der Waals surface area contributed by atoms with Crippen LogP contribution in [0, 0.1) is 18.6 Å². The van der Waals surface area contributed by atoms with Crippen molar-refractivity contribution in [3.8, 4) is 11.5 Å². The first-order chi connectivity index (χ1) is 9.38. The summed E-state index contributed by atoms with van der Waals surface area (Å²) < 4.78 is 33.9. The van der Waals surface area contributed by atoms with Gasteiger partial charge in [0.2, 0.25) is 0 Å². The first-order valence-corrected chi connectivity index (χ1v) is 6.81. The van der Waals surface area contributed by atoms with Crippen LogP contribution in [0.25, 0.3) is 0 Å². The minimum atomic E-state index is -0.852. The maximum Gasteiger partial charge on any atom is 0.198 e. The van der Waals surface area contributed by atoms with Gasteiger partial charge in [-0.05, 0) is 42.8 Å². The summed E-state index contributed by atoms with van der Waals surface area (Å²) in [6, 6.07) is 7.24. The Morgan fingerprint density at radius 2 is 1.80 bits per heavy atom. The lowest BCUT2D eigenvalue weighted by Crippen LogP contribution is -2.10. The molecule has 0 atom stereocenters. The zero-order valence-electron chi connectivity index (χ0n) is 10.4. The number of thiocarbonyl (C=S) groups is 1. The molecule has 2 nitrogen and oxygen atoms in total. The number of benzene rings is 2. The standard InChI is InChI=1S/C14H10BrF2NOS/c1-7-4-9(15)2-3-12(7)19-13-10(16)5-8(14(18)20)6-11(13)17/h2-6H,1H3,(H2,18,20). The number of ether oxygens (including phenoxy) is 1. The van der Waals surface area contributed by atoms with Crippen LogP contribution in [0.4, 0.5) is 8.78 Å². The molecule has 0 bridgehead atoms. The molecule has 0 aliphatic carbocycles. The monoisotopic (exact) mass is 357 g/mol. The molecule has 0 amide bonds. The van der Waals surface area contributed by atoms with Crippen LogP contribution < -0.4 is 10.5 Å². The van der Waals surface area contributed by atoms with Gasteiger partial charge >= 0.3 is 0 Å². The summed E-state index contributed by atoms with van der Waals surface area (Å²) in [5.74, 6) is -1.81. The highest BCUT2D eigenvalue weighted by molar-refractivity contribution is 9.10. The van der Waals surface area contributed by atoms with E-state index in [1.54, 1.807) is 25.1 Å². The average Bonchev–Trinajstić information content (AvgIpc) is 2.35. The average molecular weight is 358 g/mol. The van der Waals surface area contributed by atoms with Crippen LogP contribution in [-0.4, -0.2) is 4.99 Å². The van der Waals surface area contributed by atoms with Gasteiger partial charge in [-0.15, -0.1) is 0 Å². The zero-order chi connectivity index (χ0) is 14.9. The third-order valence-corrected chi connectivity index (χ3v) is 3.36. The Labute approximate surface area is 128 Å². The lowest BCUT2D eigenvalue weighted by Gasteiger charge is -2.11. The van der Waals surface area contributed by atoms with Gasteiger partial charge in [-0.2, -0.15) is 0 Å². The van der Waals surface area contributed by atoms with Crippen molar-refractivity contribution in [2.24, 2.45) is 5.73 Å². The molecule has 0 radical (unpaired) electrons. The number of hydrogen-bond acceptors (Lipinski definition) is 2. The molecule has 20 heavy (non-hydrogen) atoms. The highest BCUT2D eigenvalue weighted by Gasteiger charge is 2.15. The van der Waals surface area contributed by atoms with Crippen LogP contribution in [0.2, 0.25) is 0 Å². The van der Waals surface area contributed by atoms with Crippen molar-refractivity contribution in [1.82, 2.24) is 0 Å². The molecule has 2 aromatic carbocycles. The fourth-order valence-electron chi connectivity index (χ4n) is 1.64. The fraction of sp³-hybridized carbons (Fsp3) is 0.0714. The Kier molecular flexibility index (Phi) is 4.35. The molecule has 104 valence electrons. The summed E-state index contributed by atoms with van der Waals surface area (Å²) in [4.78, 5) is -0.0748. The Bertz CT molecular complexity index is 668. The minimum absolute atomic E-state index is 0.0748. The van der Waals surface area contributed by atoms with Crippen molar-refractivity contribution in [3.63, 3.8) is 0 Å². The van der Waals surface area contributed by atoms with E-state index in [-0.39, 0.29) is 10.6 Å². The third-order valence-electron chi connectivity index (χ3n) is 2.63. The van der Waals surface area contributed by atoms with E-state index in [9.17, 15) is 8.78 Å². The van der Waals surface area contributed by atoms with E-state index in [1.165, 1.54) is 0 Å². The van der Waals surface area contributed by atoms with Gasteiger partial charge < -0.3 is 10.5 Å². The van der Waals surface area contributed by atoms with E-state index in [2.05, 4.69) is 28.1 Å². The Hall–Kier alpha value is -1.53. The van der Waals surface area contributed by atoms with E-state index >= 15 is 0 Å². The summed E-state index contributed by atoms with van der Waals surface area (Å²) >= 11 is 7.99. The Morgan fingerprint density at radius 1 is 1.20 bits per heavy atom. The number of halogens is 3. The molecule has 0 fully saturated rings. The summed E-state index contributed by atoms with van der Waals surface area (Å²) in [7, 11) is 0. The van der Waals surface area contributed by atoms with Gasteiger partial charge in [0.15, 0.2) is 17.4 Å². The van der Waals surface area contributed by atoms with Crippen molar-refractivity contribution in [2.45, 2.75) is 6.92 Å². The van der Waals surface area contributed by atoms with Crippen molar-refractivity contribution >= 4 is 33.1 Å². The molecule has 0 saturated heterocycles. The van der Waals surface area contributed by atoms with Gasteiger partial charge in [0.05, 0.1) is 0 Å². The predicted molar refractivity (Wildman–Crippen MR) is 81.2 cm³/mol. The Morgan fingerprint density at radius 3 is 2.30 bits per heavy atom. The number of rotatable bonds is 3. The summed E-state index contributed by atoms with van der Waals surface area (Å²) in [6.07, 6.45) is 0.